The van der Waals surface area contributed by atoms with Crippen molar-refractivity contribution in [3.05, 3.63) is 47.3 Å². The Bertz CT molecular complexity index is 780. The highest BCUT2D eigenvalue weighted by atomic mass is 16.5. The first-order valence-electron chi connectivity index (χ1n) is 9.71. The molecule has 1 aromatic carbocycles. The van der Waals surface area contributed by atoms with Crippen LogP contribution in [0.4, 0.5) is 5.69 Å². The highest BCUT2D eigenvalue weighted by Crippen LogP contribution is 2.39. The Balaban J connectivity index is 1.33. The van der Waals surface area contributed by atoms with Gasteiger partial charge in [0, 0.05) is 43.0 Å². The van der Waals surface area contributed by atoms with Gasteiger partial charge in [-0.25, -0.2) is 0 Å². The molecule has 0 spiro atoms. The van der Waals surface area contributed by atoms with Gasteiger partial charge >= 0.3 is 0 Å². The van der Waals surface area contributed by atoms with Gasteiger partial charge in [-0.2, -0.15) is 5.10 Å². The van der Waals surface area contributed by atoms with Crippen molar-refractivity contribution in [2.24, 2.45) is 5.73 Å². The summed E-state index contributed by atoms with van der Waals surface area (Å²) in [6.07, 6.45) is 3.22. The Morgan fingerprint density at radius 1 is 1.33 bits per heavy atom. The minimum Gasteiger partial charge on any atom is -0.379 e. The van der Waals surface area contributed by atoms with E-state index in [9.17, 15) is 4.79 Å². The van der Waals surface area contributed by atoms with E-state index < -0.39 is 0 Å². The molecule has 1 saturated heterocycles. The number of morpholine rings is 1. The van der Waals surface area contributed by atoms with E-state index in [2.05, 4.69) is 20.4 Å². The number of carbonyl (C=O) groups is 1. The predicted octanol–water partition coefficient (Wildman–Crippen LogP) is 2.26. The van der Waals surface area contributed by atoms with E-state index in [0.717, 1.165) is 56.2 Å². The number of benzene rings is 1. The van der Waals surface area contributed by atoms with Crippen LogP contribution in [-0.2, 0) is 4.74 Å². The van der Waals surface area contributed by atoms with Crippen molar-refractivity contribution < 1.29 is 9.53 Å². The number of anilines is 1. The molecule has 7 heteroatoms. The smallest absolute Gasteiger partial charge is 0.276 e. The van der Waals surface area contributed by atoms with Crippen molar-refractivity contribution in [1.29, 1.82) is 0 Å². The van der Waals surface area contributed by atoms with Gasteiger partial charge in [-0.15, -0.1) is 0 Å². The zero-order valence-corrected chi connectivity index (χ0v) is 15.5. The number of ether oxygens (including phenoxy) is 1. The molecule has 4 N–H and O–H groups in total. The second kappa shape index (κ2) is 8.21. The highest BCUT2D eigenvalue weighted by molar-refractivity contribution is 6.02. The van der Waals surface area contributed by atoms with Gasteiger partial charge in [-0.1, -0.05) is 12.1 Å². The Morgan fingerprint density at radius 2 is 2.15 bits per heavy atom. The summed E-state index contributed by atoms with van der Waals surface area (Å²) in [6.45, 7) is 4.49. The number of nitrogens with zero attached hydrogens (tertiary/aromatic N) is 2. The minimum absolute atomic E-state index is 0.0588. The summed E-state index contributed by atoms with van der Waals surface area (Å²) < 4.78 is 5.38. The first-order chi connectivity index (χ1) is 13.2. The van der Waals surface area contributed by atoms with Crippen LogP contribution in [0, 0.1) is 0 Å². The molecule has 2 fully saturated rings. The van der Waals surface area contributed by atoms with Crippen molar-refractivity contribution in [3.8, 4) is 0 Å². The third-order valence-corrected chi connectivity index (χ3v) is 5.28. The molecule has 0 radical (unpaired) electrons. The van der Waals surface area contributed by atoms with Crippen molar-refractivity contribution in [2.45, 2.75) is 31.2 Å². The molecule has 1 aliphatic heterocycles. The zero-order valence-electron chi connectivity index (χ0n) is 15.5. The summed E-state index contributed by atoms with van der Waals surface area (Å²) >= 11 is 0. The molecule has 1 saturated carbocycles. The first-order valence-corrected chi connectivity index (χ1v) is 9.71. The van der Waals surface area contributed by atoms with Gasteiger partial charge in [0.05, 0.1) is 13.2 Å². The molecule has 0 bridgehead atoms. The molecule has 4 rings (SSSR count). The maximum Gasteiger partial charge on any atom is 0.276 e. The monoisotopic (exact) mass is 369 g/mol. The number of amides is 1. The average molecular weight is 369 g/mol. The summed E-state index contributed by atoms with van der Waals surface area (Å²) in [4.78, 5) is 14.8. The van der Waals surface area contributed by atoms with Crippen LogP contribution >= 0.6 is 0 Å². The molecule has 2 aliphatic rings. The molecule has 27 heavy (non-hydrogen) atoms. The Kier molecular flexibility index (Phi) is 5.52. The number of aromatic amines is 1. The fraction of sp³-hybridized carbons (Fsp3) is 0.500. The lowest BCUT2D eigenvalue weighted by Gasteiger charge is -2.27. The van der Waals surface area contributed by atoms with Gasteiger partial charge < -0.3 is 15.8 Å². The van der Waals surface area contributed by atoms with Crippen LogP contribution < -0.4 is 11.1 Å². The van der Waals surface area contributed by atoms with Crippen molar-refractivity contribution >= 4 is 11.6 Å². The van der Waals surface area contributed by atoms with E-state index in [1.165, 1.54) is 12.8 Å². The molecule has 144 valence electrons. The lowest BCUT2D eigenvalue weighted by molar-refractivity contribution is 0.0366. The molecule has 2 aromatic rings. The molecular weight excluding hydrogens is 342 g/mol. The second-order valence-corrected chi connectivity index (χ2v) is 7.41. The highest BCUT2D eigenvalue weighted by Gasteiger charge is 2.26. The molecular formula is C20H27N5O2. The summed E-state index contributed by atoms with van der Waals surface area (Å²) in [5.41, 5.74) is 9.64. The first kappa shape index (κ1) is 18.2. The van der Waals surface area contributed by atoms with Gasteiger partial charge in [0.15, 0.2) is 5.69 Å². The third kappa shape index (κ3) is 4.74. The number of rotatable bonds is 7. The predicted molar refractivity (Wildman–Crippen MR) is 104 cm³/mol. The van der Waals surface area contributed by atoms with Crippen molar-refractivity contribution in [3.63, 3.8) is 0 Å². The number of nitrogens with one attached hydrogen (secondary N) is 2. The number of hydrogen-bond acceptors (Lipinski definition) is 5. The molecule has 1 amide bonds. The van der Waals surface area contributed by atoms with E-state index in [-0.39, 0.29) is 11.9 Å². The maximum atomic E-state index is 12.4. The second-order valence-electron chi connectivity index (χ2n) is 7.41. The topological polar surface area (TPSA) is 96.3 Å². The fourth-order valence-corrected chi connectivity index (χ4v) is 3.41. The summed E-state index contributed by atoms with van der Waals surface area (Å²) in [7, 11) is 0. The van der Waals surface area contributed by atoms with E-state index in [0.29, 0.717) is 11.6 Å². The van der Waals surface area contributed by atoms with E-state index in [1.807, 2.05) is 30.3 Å². The van der Waals surface area contributed by atoms with Gasteiger partial charge in [0.2, 0.25) is 0 Å². The van der Waals surface area contributed by atoms with Crippen LogP contribution in [0.1, 0.15) is 53.0 Å². The van der Waals surface area contributed by atoms with Crippen molar-refractivity contribution in [1.82, 2.24) is 15.1 Å². The van der Waals surface area contributed by atoms with Crippen LogP contribution in [0.3, 0.4) is 0 Å². The molecule has 1 aliphatic carbocycles. The van der Waals surface area contributed by atoms with Crippen molar-refractivity contribution in [2.75, 3.05) is 38.2 Å². The number of carbonyl (C=O) groups excluding carboxylic acids is 1. The fourth-order valence-electron chi connectivity index (χ4n) is 3.41. The number of aromatic nitrogens is 2. The third-order valence-electron chi connectivity index (χ3n) is 5.28. The summed E-state index contributed by atoms with van der Waals surface area (Å²) in [5.74, 6) is 0.351. The normalized spacial score (nSPS) is 19.0. The van der Waals surface area contributed by atoms with Gasteiger partial charge in [-0.3, -0.25) is 14.8 Å². The van der Waals surface area contributed by atoms with Gasteiger partial charge in [-0.05, 0) is 43.0 Å². The molecule has 2 heterocycles. The van der Waals surface area contributed by atoms with Crippen LogP contribution in [0.15, 0.2) is 30.3 Å². The largest absolute Gasteiger partial charge is 0.379 e. The summed E-state index contributed by atoms with van der Waals surface area (Å²) in [5, 5.41) is 10.0. The average Bonchev–Trinajstić information content (AvgIpc) is 3.43. The number of H-pyrrole nitrogens is 1. The van der Waals surface area contributed by atoms with Gasteiger partial charge in [0.25, 0.3) is 5.91 Å². The standard InChI is InChI=1S/C20H27N5O2/c21-17(6-7-25-8-10-27-11-9-25)15-2-1-3-16(12-15)22-20(26)19-13-18(23-24-19)14-4-5-14/h1-3,12-14,17H,4-11,21H2,(H,22,26)(H,23,24). The molecule has 7 nitrogen and oxygen atoms in total. The van der Waals surface area contributed by atoms with Crippen LogP contribution in [0.25, 0.3) is 0 Å². The van der Waals surface area contributed by atoms with E-state index in [1.54, 1.807) is 0 Å². The lowest BCUT2D eigenvalue weighted by atomic mass is 10.0. The lowest BCUT2D eigenvalue weighted by Crippen LogP contribution is -2.37. The van der Waals surface area contributed by atoms with Crippen LogP contribution in [0.2, 0.25) is 0 Å². The van der Waals surface area contributed by atoms with Crippen LogP contribution in [0.5, 0.6) is 0 Å². The van der Waals surface area contributed by atoms with E-state index >= 15 is 0 Å². The quantitative estimate of drug-likeness (QED) is 0.696. The van der Waals surface area contributed by atoms with E-state index in [4.69, 9.17) is 10.5 Å². The Labute approximate surface area is 159 Å². The van der Waals surface area contributed by atoms with Gasteiger partial charge in [0.1, 0.15) is 0 Å². The Hall–Kier alpha value is -2.22. The maximum absolute atomic E-state index is 12.4. The molecule has 1 unspecified atom stereocenters. The number of nitrogens with two attached hydrogens (primary N) is 1. The molecule has 1 atom stereocenters. The minimum atomic E-state index is -0.197. The molecule has 1 aromatic heterocycles. The summed E-state index contributed by atoms with van der Waals surface area (Å²) in [6, 6.07) is 9.57. The SMILES string of the molecule is NC(CCN1CCOCC1)c1cccc(NC(=O)c2cc(C3CC3)[nH]n2)c1. The number of hydrogen-bond donors (Lipinski definition) is 3. The van der Waals surface area contributed by atoms with Crippen LogP contribution in [-0.4, -0.2) is 53.9 Å². The Morgan fingerprint density at radius 3 is 2.93 bits per heavy atom. The zero-order chi connectivity index (χ0) is 18.6.